The van der Waals surface area contributed by atoms with E-state index in [1.165, 1.54) is 0 Å². The van der Waals surface area contributed by atoms with Crippen LogP contribution in [0.25, 0.3) is 22.1 Å². The van der Waals surface area contributed by atoms with Crippen LogP contribution in [0.5, 0.6) is 0 Å². The van der Waals surface area contributed by atoms with Gasteiger partial charge in [-0.05, 0) is 52.0 Å². The molecule has 2 fully saturated rings. The first-order valence-corrected chi connectivity index (χ1v) is 10.8. The Labute approximate surface area is 175 Å². The summed E-state index contributed by atoms with van der Waals surface area (Å²) in [5.41, 5.74) is 2.23. The molecule has 0 spiro atoms. The Morgan fingerprint density at radius 3 is 2.93 bits per heavy atom. The van der Waals surface area contributed by atoms with Crippen molar-refractivity contribution < 1.29 is 14.6 Å². The Balaban J connectivity index is 1.48. The molecule has 0 aliphatic heterocycles. The molecule has 30 heavy (non-hydrogen) atoms. The highest BCUT2D eigenvalue weighted by molar-refractivity contribution is 6.01. The fourth-order valence-corrected chi connectivity index (χ4v) is 5.34. The standard InChI is InChI=1S/C22H29N5O3/c1-22(2,3)30-21(29)24-7-5-18-26-15-11-25-20-13(4-6-23-20)19(15)27(18)16-9-12-8-14(16)17(28)10-12/h4,6,11-12,14,16-17,28H,5,7-10H2,1-3H3,(H,23,25)(H,24,29). The van der Waals surface area contributed by atoms with E-state index < -0.39 is 11.7 Å². The van der Waals surface area contributed by atoms with Gasteiger partial charge >= 0.3 is 6.09 Å². The number of ether oxygens (including phenoxy) is 1. The lowest BCUT2D eigenvalue weighted by atomic mass is 9.92. The lowest BCUT2D eigenvalue weighted by Crippen LogP contribution is -2.34. The normalized spacial score (nSPS) is 26.0. The topological polar surface area (TPSA) is 105 Å². The average molecular weight is 412 g/mol. The minimum atomic E-state index is -0.526. The number of H-pyrrole nitrogens is 1. The zero-order chi connectivity index (χ0) is 21.0. The predicted octanol–water partition coefficient (Wildman–Crippen LogP) is 3.31. The van der Waals surface area contributed by atoms with E-state index in [2.05, 4.69) is 19.9 Å². The van der Waals surface area contributed by atoms with Gasteiger partial charge in [0.2, 0.25) is 0 Å². The van der Waals surface area contributed by atoms with Crippen molar-refractivity contribution in [3.63, 3.8) is 0 Å². The fraction of sp³-hybridized carbons (Fsp3) is 0.591. The zero-order valence-corrected chi connectivity index (χ0v) is 17.7. The first-order chi connectivity index (χ1) is 14.3. The number of rotatable bonds is 4. The number of pyridine rings is 1. The molecule has 0 saturated heterocycles. The van der Waals surface area contributed by atoms with Crippen LogP contribution in [0.1, 0.15) is 51.9 Å². The monoisotopic (exact) mass is 411 g/mol. The number of hydrogen-bond acceptors (Lipinski definition) is 5. The molecule has 160 valence electrons. The summed E-state index contributed by atoms with van der Waals surface area (Å²) in [5.74, 6) is 1.75. The first-order valence-electron chi connectivity index (χ1n) is 10.8. The summed E-state index contributed by atoms with van der Waals surface area (Å²) in [6.45, 7) is 5.98. The lowest BCUT2D eigenvalue weighted by molar-refractivity contribution is 0.0528. The van der Waals surface area contributed by atoms with Crippen molar-refractivity contribution in [3.05, 3.63) is 24.3 Å². The number of aliphatic hydroxyl groups is 1. The molecule has 5 rings (SSSR count). The smallest absolute Gasteiger partial charge is 0.407 e. The highest BCUT2D eigenvalue weighted by Crippen LogP contribution is 2.52. The minimum Gasteiger partial charge on any atom is -0.444 e. The van der Waals surface area contributed by atoms with Crippen LogP contribution in [-0.2, 0) is 11.2 Å². The second kappa shape index (κ2) is 6.97. The second-order valence-electron chi connectivity index (χ2n) is 9.68. The number of imidazole rings is 1. The quantitative estimate of drug-likeness (QED) is 0.611. The summed E-state index contributed by atoms with van der Waals surface area (Å²) in [6.07, 6.45) is 6.66. The highest BCUT2D eigenvalue weighted by atomic mass is 16.6. The van der Waals surface area contributed by atoms with Crippen molar-refractivity contribution in [2.45, 2.75) is 64.2 Å². The Morgan fingerprint density at radius 2 is 2.20 bits per heavy atom. The van der Waals surface area contributed by atoms with Gasteiger partial charge in [-0.1, -0.05) is 0 Å². The molecule has 1 amide bonds. The fourth-order valence-electron chi connectivity index (χ4n) is 5.34. The van der Waals surface area contributed by atoms with Crippen LogP contribution in [0, 0.1) is 11.8 Å². The van der Waals surface area contributed by atoms with Crippen LogP contribution in [0.15, 0.2) is 18.5 Å². The summed E-state index contributed by atoms with van der Waals surface area (Å²) in [6, 6.07) is 2.26. The summed E-state index contributed by atoms with van der Waals surface area (Å²) in [5, 5.41) is 14.4. The van der Waals surface area contributed by atoms with E-state index in [0.29, 0.717) is 18.9 Å². The average Bonchev–Trinajstić information content (AvgIpc) is 3.40. The van der Waals surface area contributed by atoms with Crippen molar-refractivity contribution in [1.82, 2.24) is 24.8 Å². The number of carbonyl (C=O) groups excluding carboxylic acids is 1. The van der Waals surface area contributed by atoms with Gasteiger partial charge < -0.3 is 24.7 Å². The summed E-state index contributed by atoms with van der Waals surface area (Å²) >= 11 is 0. The maximum atomic E-state index is 12.0. The molecule has 0 aromatic carbocycles. The van der Waals surface area contributed by atoms with Gasteiger partial charge in [-0.2, -0.15) is 0 Å². The SMILES string of the molecule is CC(C)(C)OC(=O)NCCc1nc2cnc3[nH]ccc3c2n1C1CC2CC(O)C1C2. The third-order valence-corrected chi connectivity index (χ3v) is 6.40. The van der Waals surface area contributed by atoms with Gasteiger partial charge in [0, 0.05) is 36.5 Å². The molecule has 2 bridgehead atoms. The van der Waals surface area contributed by atoms with Gasteiger partial charge in [-0.15, -0.1) is 0 Å². The molecule has 8 nitrogen and oxygen atoms in total. The number of aliphatic hydroxyl groups excluding tert-OH is 1. The van der Waals surface area contributed by atoms with Crippen LogP contribution < -0.4 is 5.32 Å². The van der Waals surface area contributed by atoms with Gasteiger partial charge in [-0.25, -0.2) is 14.8 Å². The van der Waals surface area contributed by atoms with E-state index in [1.54, 1.807) is 6.20 Å². The molecule has 8 heteroatoms. The molecule has 2 saturated carbocycles. The van der Waals surface area contributed by atoms with Gasteiger partial charge in [0.05, 0.1) is 17.8 Å². The van der Waals surface area contributed by atoms with Crippen LogP contribution >= 0.6 is 0 Å². The van der Waals surface area contributed by atoms with E-state index in [1.807, 2.05) is 33.0 Å². The van der Waals surface area contributed by atoms with Gasteiger partial charge in [0.25, 0.3) is 0 Å². The molecule has 2 aliphatic rings. The van der Waals surface area contributed by atoms with E-state index in [-0.39, 0.29) is 18.1 Å². The third kappa shape index (κ3) is 3.33. The number of hydrogen-bond donors (Lipinski definition) is 3. The van der Waals surface area contributed by atoms with Crippen LogP contribution in [-0.4, -0.2) is 49.0 Å². The maximum Gasteiger partial charge on any atom is 0.407 e. The van der Waals surface area contributed by atoms with E-state index in [4.69, 9.17) is 9.72 Å². The molecule has 3 N–H and O–H groups in total. The number of aromatic amines is 1. The Bertz CT molecular complexity index is 1100. The molecule has 0 radical (unpaired) electrons. The second-order valence-corrected chi connectivity index (χ2v) is 9.68. The number of aromatic nitrogens is 4. The highest BCUT2D eigenvalue weighted by Gasteiger charge is 2.47. The number of nitrogens with one attached hydrogen (secondary N) is 2. The predicted molar refractivity (Wildman–Crippen MR) is 113 cm³/mol. The van der Waals surface area contributed by atoms with Gasteiger partial charge in [0.15, 0.2) is 0 Å². The number of amides is 1. The number of carbonyl (C=O) groups is 1. The van der Waals surface area contributed by atoms with Crippen LogP contribution in [0.2, 0.25) is 0 Å². The Morgan fingerprint density at radius 1 is 1.37 bits per heavy atom. The Kier molecular flexibility index (Phi) is 4.50. The van der Waals surface area contributed by atoms with Crippen molar-refractivity contribution in [3.8, 4) is 0 Å². The van der Waals surface area contributed by atoms with E-state index in [0.717, 1.165) is 47.2 Å². The molecule has 4 unspecified atom stereocenters. The van der Waals surface area contributed by atoms with E-state index >= 15 is 0 Å². The van der Waals surface area contributed by atoms with Crippen LogP contribution in [0.3, 0.4) is 0 Å². The Hall–Kier alpha value is -2.61. The van der Waals surface area contributed by atoms with Crippen molar-refractivity contribution in [2.24, 2.45) is 11.8 Å². The maximum absolute atomic E-state index is 12.0. The third-order valence-electron chi connectivity index (χ3n) is 6.40. The van der Waals surface area contributed by atoms with Crippen molar-refractivity contribution in [2.75, 3.05) is 6.54 Å². The van der Waals surface area contributed by atoms with E-state index in [9.17, 15) is 9.90 Å². The van der Waals surface area contributed by atoms with Gasteiger partial charge in [0.1, 0.15) is 22.6 Å². The molecule has 3 aromatic heterocycles. The van der Waals surface area contributed by atoms with Crippen LogP contribution in [0.4, 0.5) is 4.79 Å². The molecule has 3 heterocycles. The first kappa shape index (κ1) is 19.4. The lowest BCUT2D eigenvalue weighted by Gasteiger charge is -2.29. The molecular formula is C22H29N5O3. The number of alkyl carbamates (subject to hydrolysis) is 1. The molecule has 3 aromatic rings. The summed E-state index contributed by atoms with van der Waals surface area (Å²) in [4.78, 5) is 24.6. The number of nitrogens with zero attached hydrogens (tertiary/aromatic N) is 3. The summed E-state index contributed by atoms with van der Waals surface area (Å²) in [7, 11) is 0. The zero-order valence-electron chi connectivity index (χ0n) is 17.7. The molecule has 4 atom stereocenters. The van der Waals surface area contributed by atoms with Crippen molar-refractivity contribution >= 4 is 28.2 Å². The molecular weight excluding hydrogens is 382 g/mol. The minimum absolute atomic E-state index is 0.223. The van der Waals surface area contributed by atoms with Gasteiger partial charge in [-0.3, -0.25) is 0 Å². The number of fused-ring (bicyclic) bond motifs is 5. The van der Waals surface area contributed by atoms with Crippen molar-refractivity contribution in [1.29, 1.82) is 0 Å². The summed E-state index contributed by atoms with van der Waals surface area (Å²) < 4.78 is 7.66. The largest absolute Gasteiger partial charge is 0.444 e. The molecule has 2 aliphatic carbocycles.